The molecular formula is C25H22N6O3. The van der Waals surface area contributed by atoms with Gasteiger partial charge in [-0.15, -0.1) is 0 Å². The fourth-order valence-electron chi connectivity index (χ4n) is 5.13. The van der Waals surface area contributed by atoms with Gasteiger partial charge in [0.15, 0.2) is 0 Å². The molecule has 0 saturated heterocycles. The third kappa shape index (κ3) is 2.83. The molecule has 2 aliphatic rings. The average Bonchev–Trinajstić information content (AvgIpc) is 3.45. The molecule has 34 heavy (non-hydrogen) atoms. The van der Waals surface area contributed by atoms with Gasteiger partial charge in [-0.2, -0.15) is 0 Å². The zero-order chi connectivity index (χ0) is 23.6. The summed E-state index contributed by atoms with van der Waals surface area (Å²) in [5, 5.41) is 3.35. The van der Waals surface area contributed by atoms with Crippen LogP contribution in [0.4, 0.5) is 0 Å². The predicted octanol–water partition coefficient (Wildman–Crippen LogP) is 1.72. The maximum absolute atomic E-state index is 13.1. The minimum absolute atomic E-state index is 0.153. The first-order valence-electron chi connectivity index (χ1n) is 11.0. The van der Waals surface area contributed by atoms with Gasteiger partial charge in [-0.25, -0.2) is 4.98 Å². The van der Waals surface area contributed by atoms with Crippen LogP contribution in [0, 0.1) is 0 Å². The molecule has 9 heteroatoms. The summed E-state index contributed by atoms with van der Waals surface area (Å²) in [6, 6.07) is 11.5. The molecule has 170 valence electrons. The van der Waals surface area contributed by atoms with Crippen molar-refractivity contribution in [1.29, 1.82) is 0 Å². The number of pyridine rings is 1. The van der Waals surface area contributed by atoms with Crippen molar-refractivity contribution in [3.05, 3.63) is 71.8 Å². The number of nitrogens with one attached hydrogen (secondary N) is 1. The van der Waals surface area contributed by atoms with E-state index in [0.29, 0.717) is 41.1 Å². The van der Waals surface area contributed by atoms with E-state index in [0.717, 1.165) is 22.9 Å². The maximum atomic E-state index is 13.1. The second-order valence-corrected chi connectivity index (χ2v) is 8.84. The van der Waals surface area contributed by atoms with Crippen molar-refractivity contribution < 1.29 is 14.4 Å². The van der Waals surface area contributed by atoms with Gasteiger partial charge in [-0.1, -0.05) is 24.3 Å². The summed E-state index contributed by atoms with van der Waals surface area (Å²) < 4.78 is 3.90. The number of likely N-dealkylation sites (N-methyl/N-ethyl adjacent to an activating group) is 1. The SMILES string of the molecule is CN(C)C1Cn2cc(C3=C(c4cnc5ccccn45)C(=O)NC3=O)c3cccc(c32)CN1C=O. The van der Waals surface area contributed by atoms with E-state index in [1.807, 2.05) is 72.2 Å². The first-order chi connectivity index (χ1) is 16.5. The van der Waals surface area contributed by atoms with Crippen LogP contribution in [0.25, 0.3) is 27.7 Å². The molecule has 9 nitrogen and oxygen atoms in total. The number of carbonyl (C=O) groups is 3. The highest BCUT2D eigenvalue weighted by Gasteiger charge is 2.36. The van der Waals surface area contributed by atoms with Crippen LogP contribution in [0.2, 0.25) is 0 Å². The van der Waals surface area contributed by atoms with E-state index in [1.54, 1.807) is 11.1 Å². The quantitative estimate of drug-likeness (QED) is 0.375. The van der Waals surface area contributed by atoms with Crippen LogP contribution in [-0.4, -0.2) is 62.2 Å². The molecule has 0 radical (unpaired) electrons. The van der Waals surface area contributed by atoms with Crippen molar-refractivity contribution in [2.75, 3.05) is 14.1 Å². The summed E-state index contributed by atoms with van der Waals surface area (Å²) in [6.07, 6.45) is 6.11. The molecule has 6 rings (SSSR count). The van der Waals surface area contributed by atoms with Gasteiger partial charge in [0.05, 0.1) is 35.1 Å². The molecule has 1 unspecified atom stereocenters. The summed E-state index contributed by atoms with van der Waals surface area (Å²) in [5.41, 5.74) is 4.55. The lowest BCUT2D eigenvalue weighted by Crippen LogP contribution is -2.45. The number of hydrogen-bond acceptors (Lipinski definition) is 5. The Balaban J connectivity index is 1.62. The second kappa shape index (κ2) is 7.39. The van der Waals surface area contributed by atoms with Gasteiger partial charge in [-0.05, 0) is 31.8 Å². The van der Waals surface area contributed by atoms with E-state index in [4.69, 9.17) is 0 Å². The number of fused-ring (bicyclic) bond motifs is 1. The Bertz CT molecular complexity index is 1540. The highest BCUT2D eigenvalue weighted by molar-refractivity contribution is 6.49. The molecular weight excluding hydrogens is 432 g/mol. The summed E-state index contributed by atoms with van der Waals surface area (Å²) in [6.45, 7) is 0.991. The van der Waals surface area contributed by atoms with Crippen molar-refractivity contribution in [1.82, 2.24) is 29.1 Å². The topological polar surface area (TPSA) is 92.0 Å². The first-order valence-corrected chi connectivity index (χ1v) is 11.0. The molecule has 0 spiro atoms. The summed E-state index contributed by atoms with van der Waals surface area (Å²) in [5.74, 6) is -0.862. The molecule has 1 aromatic carbocycles. The van der Waals surface area contributed by atoms with Crippen LogP contribution in [0.5, 0.6) is 0 Å². The number of amides is 3. The van der Waals surface area contributed by atoms with Gasteiger partial charge in [0.2, 0.25) is 6.41 Å². The minimum Gasteiger partial charge on any atom is -0.343 e. The molecule has 0 saturated carbocycles. The van der Waals surface area contributed by atoms with Gasteiger partial charge >= 0.3 is 0 Å². The molecule has 1 N–H and O–H groups in total. The number of nitrogens with zero attached hydrogens (tertiary/aromatic N) is 5. The molecule has 2 aliphatic heterocycles. The highest BCUT2D eigenvalue weighted by atomic mass is 16.2. The molecule has 0 fully saturated rings. The Morgan fingerprint density at radius 2 is 1.91 bits per heavy atom. The van der Waals surface area contributed by atoms with Crippen molar-refractivity contribution >= 4 is 45.9 Å². The van der Waals surface area contributed by atoms with Crippen molar-refractivity contribution in [3.63, 3.8) is 0 Å². The zero-order valence-corrected chi connectivity index (χ0v) is 18.7. The average molecular weight is 454 g/mol. The van der Waals surface area contributed by atoms with Gasteiger partial charge in [0, 0.05) is 29.9 Å². The molecule has 3 amide bonds. The number of para-hydroxylation sites is 1. The van der Waals surface area contributed by atoms with E-state index in [9.17, 15) is 14.4 Å². The van der Waals surface area contributed by atoms with Gasteiger partial charge in [0.1, 0.15) is 11.8 Å². The lowest BCUT2D eigenvalue weighted by atomic mass is 9.98. The number of imidazole rings is 1. The van der Waals surface area contributed by atoms with Crippen LogP contribution in [-0.2, 0) is 27.5 Å². The summed E-state index contributed by atoms with van der Waals surface area (Å²) in [7, 11) is 3.88. The van der Waals surface area contributed by atoms with Crippen LogP contribution < -0.4 is 5.32 Å². The van der Waals surface area contributed by atoms with Gasteiger partial charge < -0.3 is 9.47 Å². The van der Waals surface area contributed by atoms with Crippen LogP contribution >= 0.6 is 0 Å². The Morgan fingerprint density at radius 1 is 1.09 bits per heavy atom. The van der Waals surface area contributed by atoms with E-state index in [2.05, 4.69) is 14.9 Å². The molecule has 0 bridgehead atoms. The Hall–Kier alpha value is -4.24. The third-order valence-corrected chi connectivity index (χ3v) is 6.68. The van der Waals surface area contributed by atoms with Crippen molar-refractivity contribution in [2.45, 2.75) is 19.3 Å². The fourth-order valence-corrected chi connectivity index (χ4v) is 5.13. The van der Waals surface area contributed by atoms with E-state index < -0.39 is 11.8 Å². The third-order valence-electron chi connectivity index (χ3n) is 6.68. The summed E-state index contributed by atoms with van der Waals surface area (Å²) >= 11 is 0. The largest absolute Gasteiger partial charge is 0.343 e. The number of rotatable bonds is 4. The number of carbonyl (C=O) groups excluding carboxylic acids is 3. The number of hydrogen-bond donors (Lipinski definition) is 1. The zero-order valence-electron chi connectivity index (χ0n) is 18.7. The van der Waals surface area contributed by atoms with E-state index >= 15 is 0 Å². The van der Waals surface area contributed by atoms with Crippen molar-refractivity contribution in [2.24, 2.45) is 0 Å². The highest BCUT2D eigenvalue weighted by Crippen LogP contribution is 2.38. The Labute approximate surface area is 194 Å². The van der Waals surface area contributed by atoms with Crippen LogP contribution in [0.15, 0.2) is 55.0 Å². The maximum Gasteiger partial charge on any atom is 0.261 e. The predicted molar refractivity (Wildman–Crippen MR) is 126 cm³/mol. The number of imide groups is 1. The normalized spacial score (nSPS) is 18.3. The smallest absolute Gasteiger partial charge is 0.261 e. The Kier molecular flexibility index (Phi) is 4.43. The number of benzene rings is 1. The second-order valence-electron chi connectivity index (χ2n) is 8.84. The van der Waals surface area contributed by atoms with Crippen molar-refractivity contribution in [3.8, 4) is 0 Å². The van der Waals surface area contributed by atoms with E-state index in [1.165, 1.54) is 0 Å². The Morgan fingerprint density at radius 3 is 2.71 bits per heavy atom. The molecule has 1 atom stereocenters. The first kappa shape index (κ1) is 20.4. The lowest BCUT2D eigenvalue weighted by Gasteiger charge is -2.32. The van der Waals surface area contributed by atoms with Gasteiger partial charge in [0.25, 0.3) is 11.8 Å². The standard InChI is InChI=1S/C25H22N6O3/c1-28(2)20-13-29-12-17(16-7-5-6-15(23(16)29)11-30(20)14-32)21-22(25(34)27-24(21)33)18-10-26-19-8-3-4-9-31(18)19/h3-10,12,14,20H,11,13H2,1-2H3,(H,27,33,34). The molecule has 0 aliphatic carbocycles. The minimum atomic E-state index is -0.437. The summed E-state index contributed by atoms with van der Waals surface area (Å²) in [4.78, 5) is 46.1. The molecule has 4 aromatic rings. The van der Waals surface area contributed by atoms with Gasteiger partial charge in [-0.3, -0.25) is 29.0 Å². The van der Waals surface area contributed by atoms with Crippen LogP contribution in [0.3, 0.4) is 0 Å². The number of aromatic nitrogens is 3. The van der Waals surface area contributed by atoms with E-state index in [-0.39, 0.29) is 6.17 Å². The monoisotopic (exact) mass is 454 g/mol. The molecule has 3 aromatic heterocycles. The molecule has 5 heterocycles. The fraction of sp³-hybridized carbons (Fsp3) is 0.200. The lowest BCUT2D eigenvalue weighted by molar-refractivity contribution is -0.124. The van der Waals surface area contributed by atoms with Crippen LogP contribution in [0.1, 0.15) is 16.8 Å².